The van der Waals surface area contributed by atoms with E-state index in [-0.39, 0.29) is 0 Å². The minimum absolute atomic E-state index is 0.657. The molecule has 0 radical (unpaired) electrons. The molecule has 86 valence electrons. The minimum atomic E-state index is -1.89. The van der Waals surface area contributed by atoms with E-state index in [1.54, 1.807) is 7.11 Å². The van der Waals surface area contributed by atoms with Crippen LogP contribution in [0.3, 0.4) is 0 Å². The fourth-order valence-corrected chi connectivity index (χ4v) is 4.46. The van der Waals surface area contributed by atoms with E-state index >= 15 is 0 Å². The lowest BCUT2D eigenvalue weighted by Gasteiger charge is -2.17. The normalized spacial score (nSPS) is 11.9. The Morgan fingerprint density at radius 1 is 1.00 bits per heavy atom. The number of hydrogen-bond acceptors (Lipinski definition) is 2. The van der Waals surface area contributed by atoms with Crippen molar-refractivity contribution in [1.82, 2.24) is 0 Å². The lowest BCUT2D eigenvalue weighted by atomic mass is 10.4. The molecule has 0 amide bonds. The molecule has 0 aromatic carbocycles. The molecule has 0 unspecified atom stereocenters. The second kappa shape index (κ2) is 8.49. The van der Waals surface area contributed by atoms with E-state index in [9.17, 15) is 4.57 Å². The molecule has 0 rings (SSSR count). The van der Waals surface area contributed by atoms with E-state index < -0.39 is 7.14 Å². The Labute approximate surface area is 88.8 Å². The van der Waals surface area contributed by atoms with Gasteiger partial charge in [-0.25, -0.2) is 0 Å². The quantitative estimate of drug-likeness (QED) is 0.555. The van der Waals surface area contributed by atoms with Gasteiger partial charge in [-0.3, -0.25) is 0 Å². The lowest BCUT2D eigenvalue weighted by molar-refractivity contribution is 0.216. The number of rotatable bonds is 9. The van der Waals surface area contributed by atoms with Crippen molar-refractivity contribution in [2.45, 2.75) is 39.5 Å². The molecule has 2 nitrogen and oxygen atoms in total. The first-order valence-corrected chi connectivity index (χ1v) is 8.00. The summed E-state index contributed by atoms with van der Waals surface area (Å²) in [5.41, 5.74) is 0. The van der Waals surface area contributed by atoms with Gasteiger partial charge < -0.3 is 9.30 Å². The van der Waals surface area contributed by atoms with Crippen LogP contribution in [0.4, 0.5) is 0 Å². The molecule has 0 atom stereocenters. The highest BCUT2D eigenvalue weighted by Gasteiger charge is 2.19. The maximum Gasteiger partial charge on any atom is 0.0900 e. The van der Waals surface area contributed by atoms with E-state index in [4.69, 9.17) is 4.74 Å². The monoisotopic (exact) mass is 220 g/mol. The first-order valence-electron chi connectivity index (χ1n) is 5.74. The van der Waals surface area contributed by atoms with Gasteiger partial charge in [0.25, 0.3) is 0 Å². The van der Waals surface area contributed by atoms with E-state index in [1.807, 2.05) is 0 Å². The predicted molar refractivity (Wildman–Crippen MR) is 63.9 cm³/mol. The summed E-state index contributed by atoms with van der Waals surface area (Å²) in [6.07, 6.45) is 7.12. The lowest BCUT2D eigenvalue weighted by Crippen LogP contribution is -2.05. The topological polar surface area (TPSA) is 26.3 Å². The van der Waals surface area contributed by atoms with E-state index in [1.165, 1.54) is 0 Å². The van der Waals surface area contributed by atoms with Crippen LogP contribution in [-0.4, -0.2) is 32.2 Å². The van der Waals surface area contributed by atoms with Gasteiger partial charge in [0.1, 0.15) is 0 Å². The maximum absolute atomic E-state index is 12.4. The van der Waals surface area contributed by atoms with E-state index in [0.717, 1.165) is 44.2 Å². The summed E-state index contributed by atoms with van der Waals surface area (Å²) in [6.45, 7) is 4.96. The van der Waals surface area contributed by atoms with Crippen molar-refractivity contribution in [2.75, 3.05) is 32.2 Å². The van der Waals surface area contributed by atoms with Gasteiger partial charge in [0.2, 0.25) is 0 Å². The zero-order valence-corrected chi connectivity index (χ0v) is 10.8. The first kappa shape index (κ1) is 14.2. The zero-order valence-electron chi connectivity index (χ0n) is 9.92. The highest BCUT2D eigenvalue weighted by Crippen LogP contribution is 2.46. The molecule has 0 aromatic rings. The highest BCUT2D eigenvalue weighted by molar-refractivity contribution is 7.63. The van der Waals surface area contributed by atoms with Crippen molar-refractivity contribution in [3.05, 3.63) is 0 Å². The minimum Gasteiger partial charge on any atom is -0.384 e. The second-order valence-corrected chi connectivity index (χ2v) is 7.39. The van der Waals surface area contributed by atoms with Crippen molar-refractivity contribution in [3.63, 3.8) is 0 Å². The molecule has 0 aliphatic heterocycles. The number of ether oxygens (including phenoxy) is 1. The van der Waals surface area contributed by atoms with Gasteiger partial charge in [-0.2, -0.15) is 0 Å². The molecule has 0 saturated heterocycles. The van der Waals surface area contributed by atoms with E-state index in [2.05, 4.69) is 13.8 Å². The smallest absolute Gasteiger partial charge is 0.0900 e. The Morgan fingerprint density at radius 3 is 1.86 bits per heavy atom. The van der Waals surface area contributed by atoms with Gasteiger partial charge >= 0.3 is 0 Å². The molecule has 0 aromatic heterocycles. The fraction of sp³-hybridized carbons (Fsp3) is 1.00. The molecule has 14 heavy (non-hydrogen) atoms. The van der Waals surface area contributed by atoms with Gasteiger partial charge in [0, 0.05) is 25.6 Å². The van der Waals surface area contributed by atoms with Crippen molar-refractivity contribution in [2.24, 2.45) is 0 Å². The molecule has 0 N–H and O–H groups in total. The average Bonchev–Trinajstić information content (AvgIpc) is 2.21. The Kier molecular flexibility index (Phi) is 8.61. The molecule has 0 aliphatic carbocycles. The third kappa shape index (κ3) is 6.62. The summed E-state index contributed by atoms with van der Waals surface area (Å²) in [6, 6.07) is 0. The van der Waals surface area contributed by atoms with Crippen LogP contribution >= 0.6 is 7.14 Å². The molecule has 0 aliphatic rings. The van der Waals surface area contributed by atoms with Crippen LogP contribution in [0, 0.1) is 0 Å². The van der Waals surface area contributed by atoms with Gasteiger partial charge in [-0.1, -0.05) is 26.7 Å². The Balaban J connectivity index is 3.97. The van der Waals surface area contributed by atoms with Crippen molar-refractivity contribution >= 4 is 7.14 Å². The standard InChI is InChI=1S/C11H25O2P/c1-4-6-9-14(12,10-7-5-2)11-8-13-3/h4-11H2,1-3H3. The fourth-order valence-electron chi connectivity index (χ4n) is 1.49. The van der Waals surface area contributed by atoms with Crippen LogP contribution in [0.2, 0.25) is 0 Å². The molecule has 0 bridgehead atoms. The van der Waals surface area contributed by atoms with Crippen LogP contribution in [0.25, 0.3) is 0 Å². The number of hydrogen-bond donors (Lipinski definition) is 0. The maximum atomic E-state index is 12.4. The second-order valence-electron chi connectivity index (χ2n) is 3.93. The van der Waals surface area contributed by atoms with Gasteiger partial charge in [-0.15, -0.1) is 0 Å². The average molecular weight is 220 g/mol. The highest BCUT2D eigenvalue weighted by atomic mass is 31.2. The Hall–Kier alpha value is 0.190. The molecular formula is C11H25O2P. The largest absolute Gasteiger partial charge is 0.384 e. The molecule has 0 spiro atoms. The van der Waals surface area contributed by atoms with Crippen LogP contribution < -0.4 is 0 Å². The van der Waals surface area contributed by atoms with E-state index in [0.29, 0.717) is 6.61 Å². The first-order chi connectivity index (χ1) is 6.68. The zero-order chi connectivity index (χ0) is 10.9. The third-order valence-electron chi connectivity index (χ3n) is 2.54. The summed E-state index contributed by atoms with van der Waals surface area (Å²) in [5, 5.41) is 0. The Bertz CT molecular complexity index is 140. The van der Waals surface area contributed by atoms with Crippen molar-refractivity contribution in [1.29, 1.82) is 0 Å². The number of methoxy groups -OCH3 is 1. The van der Waals surface area contributed by atoms with Crippen molar-refractivity contribution in [3.8, 4) is 0 Å². The summed E-state index contributed by atoms with van der Waals surface area (Å²) < 4.78 is 17.4. The van der Waals surface area contributed by atoms with Gasteiger partial charge in [0.15, 0.2) is 0 Å². The SMILES string of the molecule is CCCCP(=O)(CCCC)CCOC. The molecule has 0 heterocycles. The summed E-state index contributed by atoms with van der Waals surface area (Å²) >= 11 is 0. The van der Waals surface area contributed by atoms with Crippen LogP contribution in [0.15, 0.2) is 0 Å². The molecule has 0 fully saturated rings. The van der Waals surface area contributed by atoms with Gasteiger partial charge in [-0.05, 0) is 12.8 Å². The van der Waals surface area contributed by atoms with Crippen LogP contribution in [-0.2, 0) is 9.30 Å². The third-order valence-corrected chi connectivity index (χ3v) is 5.80. The molecular weight excluding hydrogens is 195 g/mol. The Morgan fingerprint density at radius 2 is 1.50 bits per heavy atom. The summed E-state index contributed by atoms with van der Waals surface area (Å²) in [4.78, 5) is 0. The van der Waals surface area contributed by atoms with Crippen LogP contribution in [0.5, 0.6) is 0 Å². The molecule has 3 heteroatoms. The summed E-state index contributed by atoms with van der Waals surface area (Å²) in [7, 11) is -0.209. The van der Waals surface area contributed by atoms with Crippen LogP contribution in [0.1, 0.15) is 39.5 Å². The van der Waals surface area contributed by atoms with Crippen molar-refractivity contribution < 1.29 is 9.30 Å². The van der Waals surface area contributed by atoms with Gasteiger partial charge in [0.05, 0.1) is 13.7 Å². The molecule has 0 saturated carbocycles. The summed E-state index contributed by atoms with van der Waals surface area (Å²) in [5.74, 6) is 0. The predicted octanol–water partition coefficient (Wildman–Crippen LogP) is 3.60. The number of unbranched alkanes of at least 4 members (excludes halogenated alkanes) is 2.